The molecule has 100 valence electrons. The average molecular weight is 298 g/mol. The van der Waals surface area contributed by atoms with Crippen LogP contribution in [0.5, 0.6) is 5.75 Å². The number of para-hydroxylation sites is 1. The largest absolute Gasteiger partial charge is 0.496 e. The van der Waals surface area contributed by atoms with Crippen molar-refractivity contribution < 1.29 is 4.74 Å². The Kier molecular flexibility index (Phi) is 4.82. The summed E-state index contributed by atoms with van der Waals surface area (Å²) in [5.74, 6) is 1.41. The molecule has 0 saturated heterocycles. The fraction of sp³-hybridized carbons (Fsp3) is 0.231. The molecule has 1 aromatic heterocycles. The number of hydrogen-bond donors (Lipinski definition) is 1. The molecule has 0 amide bonds. The molecule has 19 heavy (non-hydrogen) atoms. The molecule has 1 heterocycles. The molecule has 0 saturated carbocycles. The lowest BCUT2D eigenvalue weighted by atomic mass is 10.1. The summed E-state index contributed by atoms with van der Waals surface area (Å²) in [5, 5.41) is 3.75. The number of benzene rings is 1. The lowest BCUT2D eigenvalue weighted by Crippen LogP contribution is -2.08. The summed E-state index contributed by atoms with van der Waals surface area (Å²) in [6.07, 6.45) is 2.27. The van der Waals surface area contributed by atoms with Crippen molar-refractivity contribution in [2.24, 2.45) is 0 Å². The zero-order chi connectivity index (χ0) is 13.7. The minimum atomic E-state index is 0.171. The molecule has 6 heteroatoms. The molecule has 0 unspecified atom stereocenters. The molecule has 0 spiro atoms. The molecule has 0 aliphatic heterocycles. The molecule has 0 aliphatic rings. The molecular weight excluding hydrogens is 285 g/mol. The van der Waals surface area contributed by atoms with E-state index in [0.29, 0.717) is 17.4 Å². The number of ether oxygens (including phenoxy) is 1. The van der Waals surface area contributed by atoms with Crippen LogP contribution in [0.1, 0.15) is 5.56 Å². The van der Waals surface area contributed by atoms with Crippen LogP contribution in [0.3, 0.4) is 0 Å². The van der Waals surface area contributed by atoms with Crippen LogP contribution in [-0.4, -0.2) is 23.6 Å². The zero-order valence-electron chi connectivity index (χ0n) is 10.4. The minimum absolute atomic E-state index is 0.171. The standard InChI is InChI=1S/C13H13Cl2N3O/c1-19-11-5-3-2-4-9(11)6-7-16-12-10(14)8-17-13(15)18-12/h2-5,8H,6-7H2,1H3,(H,16,17,18). The van der Waals surface area contributed by atoms with Gasteiger partial charge in [0, 0.05) is 6.54 Å². The van der Waals surface area contributed by atoms with Crippen LogP contribution in [0.15, 0.2) is 30.5 Å². The van der Waals surface area contributed by atoms with E-state index in [1.54, 1.807) is 7.11 Å². The Bertz CT molecular complexity index is 563. The van der Waals surface area contributed by atoms with Crippen molar-refractivity contribution in [1.82, 2.24) is 9.97 Å². The first-order valence-electron chi connectivity index (χ1n) is 5.74. The molecular formula is C13H13Cl2N3O. The van der Waals surface area contributed by atoms with E-state index in [4.69, 9.17) is 27.9 Å². The fourth-order valence-electron chi connectivity index (χ4n) is 1.69. The van der Waals surface area contributed by atoms with Crippen LogP contribution in [0.4, 0.5) is 5.82 Å². The minimum Gasteiger partial charge on any atom is -0.496 e. The van der Waals surface area contributed by atoms with E-state index in [-0.39, 0.29) is 5.28 Å². The number of halogens is 2. The van der Waals surface area contributed by atoms with E-state index in [1.165, 1.54) is 6.20 Å². The Balaban J connectivity index is 1.98. The second-order valence-corrected chi connectivity index (χ2v) is 4.57. The van der Waals surface area contributed by atoms with Gasteiger partial charge in [-0.2, -0.15) is 4.98 Å². The van der Waals surface area contributed by atoms with Crippen LogP contribution in [0.25, 0.3) is 0 Å². The van der Waals surface area contributed by atoms with Gasteiger partial charge in [-0.25, -0.2) is 4.98 Å². The van der Waals surface area contributed by atoms with Crippen LogP contribution in [-0.2, 0) is 6.42 Å². The third-order valence-corrected chi connectivity index (χ3v) is 3.05. The zero-order valence-corrected chi connectivity index (χ0v) is 11.9. The molecule has 2 rings (SSSR count). The number of nitrogens with zero attached hydrogens (tertiary/aromatic N) is 2. The van der Waals surface area contributed by atoms with Crippen molar-refractivity contribution in [1.29, 1.82) is 0 Å². The van der Waals surface area contributed by atoms with E-state index in [2.05, 4.69) is 15.3 Å². The van der Waals surface area contributed by atoms with Crippen LogP contribution in [0.2, 0.25) is 10.3 Å². The number of methoxy groups -OCH3 is 1. The van der Waals surface area contributed by atoms with Gasteiger partial charge in [0.2, 0.25) is 5.28 Å². The van der Waals surface area contributed by atoms with Crippen LogP contribution < -0.4 is 10.1 Å². The smallest absolute Gasteiger partial charge is 0.224 e. The maximum absolute atomic E-state index is 5.97. The fourth-order valence-corrected chi connectivity index (χ4v) is 1.99. The van der Waals surface area contributed by atoms with Crippen molar-refractivity contribution in [3.8, 4) is 5.75 Å². The summed E-state index contributed by atoms with van der Waals surface area (Å²) < 4.78 is 5.29. The van der Waals surface area contributed by atoms with Gasteiger partial charge in [0.15, 0.2) is 0 Å². The monoisotopic (exact) mass is 297 g/mol. The van der Waals surface area contributed by atoms with E-state index in [0.717, 1.165) is 17.7 Å². The Morgan fingerprint density at radius 2 is 2.05 bits per heavy atom. The van der Waals surface area contributed by atoms with Gasteiger partial charge in [-0.3, -0.25) is 0 Å². The highest BCUT2D eigenvalue weighted by Crippen LogP contribution is 2.21. The highest BCUT2D eigenvalue weighted by Gasteiger charge is 2.05. The molecule has 0 aliphatic carbocycles. The topological polar surface area (TPSA) is 47.0 Å². The van der Waals surface area contributed by atoms with Crippen molar-refractivity contribution in [2.75, 3.05) is 19.0 Å². The molecule has 0 fully saturated rings. The highest BCUT2D eigenvalue weighted by molar-refractivity contribution is 6.33. The van der Waals surface area contributed by atoms with Crippen molar-refractivity contribution in [2.45, 2.75) is 6.42 Å². The Labute approximate surface area is 121 Å². The number of rotatable bonds is 5. The van der Waals surface area contributed by atoms with Gasteiger partial charge in [0.25, 0.3) is 0 Å². The lowest BCUT2D eigenvalue weighted by Gasteiger charge is -2.10. The van der Waals surface area contributed by atoms with Gasteiger partial charge < -0.3 is 10.1 Å². The highest BCUT2D eigenvalue weighted by atomic mass is 35.5. The van der Waals surface area contributed by atoms with Gasteiger partial charge >= 0.3 is 0 Å². The van der Waals surface area contributed by atoms with E-state index < -0.39 is 0 Å². The second kappa shape index (κ2) is 6.59. The van der Waals surface area contributed by atoms with E-state index in [1.807, 2.05) is 24.3 Å². The summed E-state index contributed by atoms with van der Waals surface area (Å²) in [7, 11) is 1.66. The average Bonchev–Trinajstić information content (AvgIpc) is 2.43. The summed E-state index contributed by atoms with van der Waals surface area (Å²) in [6.45, 7) is 0.674. The molecule has 4 nitrogen and oxygen atoms in total. The molecule has 1 aromatic carbocycles. The first-order chi connectivity index (χ1) is 9.20. The van der Waals surface area contributed by atoms with Crippen molar-refractivity contribution in [3.05, 3.63) is 46.3 Å². The SMILES string of the molecule is COc1ccccc1CCNc1nc(Cl)ncc1Cl. The summed E-state index contributed by atoms with van der Waals surface area (Å²) in [5.41, 5.74) is 1.12. The van der Waals surface area contributed by atoms with E-state index >= 15 is 0 Å². The number of aromatic nitrogens is 2. The third kappa shape index (κ3) is 3.72. The predicted octanol–water partition coefficient (Wildman–Crippen LogP) is 3.45. The van der Waals surface area contributed by atoms with Crippen LogP contribution >= 0.6 is 23.2 Å². The summed E-state index contributed by atoms with van der Waals surface area (Å²) in [4.78, 5) is 7.82. The Morgan fingerprint density at radius 1 is 1.26 bits per heavy atom. The molecule has 0 atom stereocenters. The second-order valence-electron chi connectivity index (χ2n) is 3.82. The maximum atomic E-state index is 5.97. The Morgan fingerprint density at radius 3 is 2.84 bits per heavy atom. The maximum Gasteiger partial charge on any atom is 0.224 e. The molecule has 1 N–H and O–H groups in total. The molecule has 2 aromatic rings. The predicted molar refractivity (Wildman–Crippen MR) is 77.2 cm³/mol. The summed E-state index contributed by atoms with van der Waals surface area (Å²) >= 11 is 11.7. The summed E-state index contributed by atoms with van der Waals surface area (Å²) in [6, 6.07) is 7.88. The first kappa shape index (κ1) is 13.9. The van der Waals surface area contributed by atoms with Gasteiger partial charge in [-0.05, 0) is 29.7 Å². The molecule has 0 bridgehead atoms. The van der Waals surface area contributed by atoms with Gasteiger partial charge in [-0.15, -0.1) is 0 Å². The normalized spacial score (nSPS) is 10.3. The third-order valence-electron chi connectivity index (χ3n) is 2.59. The lowest BCUT2D eigenvalue weighted by molar-refractivity contribution is 0.410. The van der Waals surface area contributed by atoms with Crippen molar-refractivity contribution >= 4 is 29.0 Å². The van der Waals surface area contributed by atoms with Gasteiger partial charge in [0.05, 0.1) is 13.3 Å². The number of anilines is 1. The van der Waals surface area contributed by atoms with Gasteiger partial charge in [0.1, 0.15) is 16.6 Å². The van der Waals surface area contributed by atoms with Gasteiger partial charge in [-0.1, -0.05) is 29.8 Å². The van der Waals surface area contributed by atoms with Crippen molar-refractivity contribution in [3.63, 3.8) is 0 Å². The number of hydrogen-bond acceptors (Lipinski definition) is 4. The first-order valence-corrected chi connectivity index (χ1v) is 6.50. The quantitative estimate of drug-likeness (QED) is 0.859. The molecule has 0 radical (unpaired) electrons. The number of nitrogens with one attached hydrogen (secondary N) is 1. The van der Waals surface area contributed by atoms with E-state index in [9.17, 15) is 0 Å². The Hall–Kier alpha value is -1.52. The van der Waals surface area contributed by atoms with Crippen LogP contribution in [0, 0.1) is 0 Å².